The Kier molecular flexibility index (Phi) is 4.85. The molecule has 0 bridgehead atoms. The normalized spacial score (nSPS) is 26.8. The highest BCUT2D eigenvalue weighted by molar-refractivity contribution is 5.95. The van der Waals surface area contributed by atoms with E-state index in [2.05, 4.69) is 20.4 Å². The first-order valence-electron chi connectivity index (χ1n) is 9.60. The summed E-state index contributed by atoms with van der Waals surface area (Å²) in [6.07, 6.45) is 9.33. The van der Waals surface area contributed by atoms with Gasteiger partial charge in [0.15, 0.2) is 0 Å². The van der Waals surface area contributed by atoms with Crippen molar-refractivity contribution in [3.63, 3.8) is 0 Å². The Hall–Kier alpha value is -1.40. The SMILES string of the molecule is O=C(c1cn[nH]c1C1CCNC1)N1CCCN(C2CCCC2)CC1. The van der Waals surface area contributed by atoms with Crippen molar-refractivity contribution >= 4 is 5.91 Å². The van der Waals surface area contributed by atoms with Crippen LogP contribution in [0.4, 0.5) is 0 Å². The molecule has 132 valence electrons. The van der Waals surface area contributed by atoms with Gasteiger partial charge in [0, 0.05) is 44.7 Å². The van der Waals surface area contributed by atoms with Gasteiger partial charge in [-0.05, 0) is 32.2 Å². The number of H-pyrrole nitrogens is 1. The number of hydrogen-bond acceptors (Lipinski definition) is 4. The van der Waals surface area contributed by atoms with E-state index in [1.807, 2.05) is 4.90 Å². The fourth-order valence-corrected chi connectivity index (χ4v) is 4.62. The number of carbonyl (C=O) groups excluding carboxylic acids is 1. The minimum atomic E-state index is 0.166. The molecule has 4 rings (SSSR count). The molecule has 3 aliphatic rings. The molecule has 2 saturated heterocycles. The molecule has 24 heavy (non-hydrogen) atoms. The van der Waals surface area contributed by atoms with Gasteiger partial charge in [0.1, 0.15) is 0 Å². The lowest BCUT2D eigenvalue weighted by Crippen LogP contribution is -2.38. The lowest BCUT2D eigenvalue weighted by atomic mass is 10.0. The maximum atomic E-state index is 13.0. The molecule has 1 aliphatic carbocycles. The zero-order valence-corrected chi connectivity index (χ0v) is 14.5. The number of amides is 1. The number of nitrogens with one attached hydrogen (secondary N) is 2. The quantitative estimate of drug-likeness (QED) is 0.883. The lowest BCUT2D eigenvalue weighted by molar-refractivity contribution is 0.0756. The lowest BCUT2D eigenvalue weighted by Gasteiger charge is -2.27. The zero-order valence-electron chi connectivity index (χ0n) is 14.5. The molecule has 0 spiro atoms. The summed E-state index contributed by atoms with van der Waals surface area (Å²) < 4.78 is 0. The van der Waals surface area contributed by atoms with Crippen LogP contribution in [0.5, 0.6) is 0 Å². The molecular formula is C18H29N5O. The fraction of sp³-hybridized carbons (Fsp3) is 0.778. The van der Waals surface area contributed by atoms with E-state index in [1.54, 1.807) is 6.20 Å². The van der Waals surface area contributed by atoms with Gasteiger partial charge < -0.3 is 10.2 Å². The van der Waals surface area contributed by atoms with E-state index in [0.29, 0.717) is 5.92 Å². The van der Waals surface area contributed by atoms with Crippen molar-refractivity contribution in [3.8, 4) is 0 Å². The number of rotatable bonds is 3. The zero-order chi connectivity index (χ0) is 16.4. The Morgan fingerprint density at radius 1 is 1.08 bits per heavy atom. The number of hydrogen-bond donors (Lipinski definition) is 2. The summed E-state index contributed by atoms with van der Waals surface area (Å²) in [5.41, 5.74) is 1.82. The third-order valence-electron chi connectivity index (χ3n) is 6.03. The molecule has 1 aromatic heterocycles. The largest absolute Gasteiger partial charge is 0.337 e. The van der Waals surface area contributed by atoms with E-state index in [-0.39, 0.29) is 5.91 Å². The van der Waals surface area contributed by atoms with Gasteiger partial charge in [-0.3, -0.25) is 14.8 Å². The predicted molar refractivity (Wildman–Crippen MR) is 93.2 cm³/mol. The van der Waals surface area contributed by atoms with Crippen molar-refractivity contribution in [1.82, 2.24) is 25.3 Å². The minimum Gasteiger partial charge on any atom is -0.337 e. The van der Waals surface area contributed by atoms with Gasteiger partial charge >= 0.3 is 0 Å². The highest BCUT2D eigenvalue weighted by Gasteiger charge is 2.29. The van der Waals surface area contributed by atoms with E-state index in [9.17, 15) is 4.79 Å². The van der Waals surface area contributed by atoms with E-state index >= 15 is 0 Å². The van der Waals surface area contributed by atoms with E-state index in [4.69, 9.17) is 0 Å². The highest BCUT2D eigenvalue weighted by atomic mass is 16.2. The minimum absolute atomic E-state index is 0.166. The Labute approximate surface area is 144 Å². The Bertz CT molecular complexity index is 560. The first-order valence-corrected chi connectivity index (χ1v) is 9.60. The van der Waals surface area contributed by atoms with Crippen molar-refractivity contribution in [2.75, 3.05) is 39.3 Å². The number of aromatic nitrogens is 2. The Morgan fingerprint density at radius 3 is 2.75 bits per heavy atom. The molecule has 1 saturated carbocycles. The third-order valence-corrected chi connectivity index (χ3v) is 6.03. The van der Waals surface area contributed by atoms with Crippen LogP contribution in [0.1, 0.15) is 60.5 Å². The molecule has 3 fully saturated rings. The van der Waals surface area contributed by atoms with Gasteiger partial charge in [0.25, 0.3) is 5.91 Å². The maximum absolute atomic E-state index is 13.0. The Balaban J connectivity index is 1.42. The summed E-state index contributed by atoms with van der Waals surface area (Å²) in [4.78, 5) is 17.7. The van der Waals surface area contributed by atoms with Gasteiger partial charge in [-0.15, -0.1) is 0 Å². The monoisotopic (exact) mass is 331 g/mol. The fourth-order valence-electron chi connectivity index (χ4n) is 4.62. The molecule has 1 aromatic rings. The molecule has 2 N–H and O–H groups in total. The predicted octanol–water partition coefficient (Wildman–Crippen LogP) is 1.58. The van der Waals surface area contributed by atoms with Crippen molar-refractivity contribution in [1.29, 1.82) is 0 Å². The third kappa shape index (κ3) is 3.22. The van der Waals surface area contributed by atoms with Crippen molar-refractivity contribution in [2.45, 2.75) is 50.5 Å². The molecule has 1 amide bonds. The van der Waals surface area contributed by atoms with Gasteiger partial charge in [-0.1, -0.05) is 12.8 Å². The van der Waals surface area contributed by atoms with Gasteiger partial charge in [0.05, 0.1) is 17.5 Å². The topological polar surface area (TPSA) is 64.3 Å². The van der Waals surface area contributed by atoms with Gasteiger partial charge in [-0.2, -0.15) is 5.10 Å². The molecule has 1 unspecified atom stereocenters. The second kappa shape index (κ2) is 7.23. The molecule has 6 heteroatoms. The molecule has 0 radical (unpaired) electrons. The molecular weight excluding hydrogens is 302 g/mol. The van der Waals surface area contributed by atoms with E-state index in [0.717, 1.165) is 69.4 Å². The number of nitrogens with zero attached hydrogens (tertiary/aromatic N) is 3. The van der Waals surface area contributed by atoms with Crippen LogP contribution in [-0.4, -0.2) is 71.2 Å². The molecule has 6 nitrogen and oxygen atoms in total. The van der Waals surface area contributed by atoms with Gasteiger partial charge in [-0.25, -0.2) is 0 Å². The van der Waals surface area contributed by atoms with Crippen LogP contribution in [-0.2, 0) is 0 Å². The average Bonchev–Trinajstić information content (AvgIpc) is 3.33. The molecule has 2 aliphatic heterocycles. The number of carbonyl (C=O) groups is 1. The highest BCUT2D eigenvalue weighted by Crippen LogP contribution is 2.26. The molecule has 0 aromatic carbocycles. The Morgan fingerprint density at radius 2 is 1.96 bits per heavy atom. The first-order chi connectivity index (χ1) is 11.8. The van der Waals surface area contributed by atoms with Gasteiger partial charge in [0.2, 0.25) is 0 Å². The summed E-state index contributed by atoms with van der Waals surface area (Å²) in [5, 5.41) is 10.6. The summed E-state index contributed by atoms with van der Waals surface area (Å²) in [6.45, 7) is 5.85. The first kappa shape index (κ1) is 16.1. The van der Waals surface area contributed by atoms with Crippen LogP contribution < -0.4 is 5.32 Å². The summed E-state index contributed by atoms with van der Waals surface area (Å²) in [7, 11) is 0. The second-order valence-corrected chi connectivity index (χ2v) is 7.51. The van der Waals surface area contributed by atoms with E-state index in [1.165, 1.54) is 25.7 Å². The van der Waals surface area contributed by atoms with Crippen LogP contribution in [0.3, 0.4) is 0 Å². The van der Waals surface area contributed by atoms with Crippen LogP contribution in [0.25, 0.3) is 0 Å². The van der Waals surface area contributed by atoms with Crippen LogP contribution in [0, 0.1) is 0 Å². The smallest absolute Gasteiger partial charge is 0.257 e. The average molecular weight is 331 g/mol. The maximum Gasteiger partial charge on any atom is 0.257 e. The van der Waals surface area contributed by atoms with Crippen LogP contribution in [0.2, 0.25) is 0 Å². The summed E-state index contributed by atoms with van der Waals surface area (Å²) in [5.74, 6) is 0.562. The van der Waals surface area contributed by atoms with Crippen molar-refractivity contribution in [2.24, 2.45) is 0 Å². The van der Waals surface area contributed by atoms with Crippen LogP contribution in [0.15, 0.2) is 6.20 Å². The standard InChI is InChI=1S/C18H29N5O/c24-18(16-13-20-21-17(16)14-6-7-19-12-14)23-9-3-8-22(10-11-23)15-4-1-2-5-15/h13-15,19H,1-12H2,(H,20,21). The van der Waals surface area contributed by atoms with Crippen LogP contribution >= 0.6 is 0 Å². The molecule has 3 heterocycles. The summed E-state index contributed by atoms with van der Waals surface area (Å²) >= 11 is 0. The van der Waals surface area contributed by atoms with E-state index < -0.39 is 0 Å². The molecule has 1 atom stereocenters. The number of aromatic amines is 1. The summed E-state index contributed by atoms with van der Waals surface area (Å²) in [6, 6.07) is 0.758. The second-order valence-electron chi connectivity index (χ2n) is 7.51. The van der Waals surface area contributed by atoms with Crippen molar-refractivity contribution < 1.29 is 4.79 Å². The van der Waals surface area contributed by atoms with Crippen molar-refractivity contribution in [3.05, 3.63) is 17.5 Å².